The smallest absolute Gasteiger partial charge is 0.391 e. The lowest BCUT2D eigenvalue weighted by molar-refractivity contribution is -0.870. The first-order chi connectivity index (χ1) is 31.5. The Morgan fingerprint density at radius 3 is 1.03 bits per heavy atom. The number of likely N-dealkylation sites (N-methyl/N-ethyl adjacent to an activating group) is 1. The van der Waals surface area contributed by atoms with Crippen molar-refractivity contribution in [3.8, 4) is 0 Å². The number of unbranched alkanes of at least 4 members (excludes halogenated alkanes) is 41. The summed E-state index contributed by atoms with van der Waals surface area (Å²) in [6.45, 7) is 4.95. The molecule has 3 atom stereocenters. The van der Waals surface area contributed by atoms with Gasteiger partial charge in [0.25, 0.3) is 0 Å². The van der Waals surface area contributed by atoms with Crippen LogP contribution in [0.2, 0.25) is 0 Å². The summed E-state index contributed by atoms with van der Waals surface area (Å²) in [5, 5.41) is 14.1. The molecule has 3 N–H and O–H groups in total. The third-order valence-electron chi connectivity index (χ3n) is 13.6. The molecular weight excluding hydrogens is 828 g/mol. The van der Waals surface area contributed by atoms with Crippen LogP contribution in [0.4, 0.5) is 0 Å². The van der Waals surface area contributed by atoms with Gasteiger partial charge in [-0.25, -0.2) is 4.57 Å². The molecule has 1 amide bonds. The Bertz CT molecular complexity index is 1030. The second-order valence-electron chi connectivity index (χ2n) is 21.4. The van der Waals surface area contributed by atoms with Crippen molar-refractivity contribution in [3.63, 3.8) is 0 Å². The molecular formula is C56H116N2O6P+. The molecule has 0 radical (unpaired) electrons. The van der Waals surface area contributed by atoms with Crippen molar-refractivity contribution in [1.82, 2.24) is 5.32 Å². The summed E-state index contributed by atoms with van der Waals surface area (Å²) in [6.07, 6.45) is 57.2. The molecule has 0 rings (SSSR count). The summed E-state index contributed by atoms with van der Waals surface area (Å²) >= 11 is 0. The number of nitrogens with one attached hydrogen (secondary N) is 1. The van der Waals surface area contributed by atoms with Crippen molar-refractivity contribution in [3.05, 3.63) is 0 Å². The zero-order chi connectivity index (χ0) is 47.8. The number of amides is 1. The SMILES string of the molecule is CCCCCCCCCCCCCCCCCCCCCCCCCC(O)C(COP(=O)(O)OCC[N+](C)(C)C)NC(=O)CCCCCCCCCCCCCCCCCCCCCC. The summed E-state index contributed by atoms with van der Waals surface area (Å²) in [4.78, 5) is 23.3. The van der Waals surface area contributed by atoms with Gasteiger partial charge in [0, 0.05) is 6.42 Å². The third kappa shape index (κ3) is 51.2. The van der Waals surface area contributed by atoms with Crippen LogP contribution in [0.3, 0.4) is 0 Å². The molecule has 3 unspecified atom stereocenters. The van der Waals surface area contributed by atoms with E-state index in [9.17, 15) is 19.4 Å². The maximum absolute atomic E-state index is 13.0. The lowest BCUT2D eigenvalue weighted by Crippen LogP contribution is -2.46. The minimum atomic E-state index is -4.32. The van der Waals surface area contributed by atoms with E-state index >= 15 is 0 Å². The number of carbonyl (C=O) groups is 1. The van der Waals surface area contributed by atoms with Gasteiger partial charge in [-0.05, 0) is 12.8 Å². The minimum Gasteiger partial charge on any atom is -0.391 e. The van der Waals surface area contributed by atoms with E-state index in [1.54, 1.807) is 0 Å². The monoisotopic (exact) mass is 944 g/mol. The highest BCUT2D eigenvalue weighted by Gasteiger charge is 2.28. The van der Waals surface area contributed by atoms with Crippen LogP contribution >= 0.6 is 7.82 Å². The Morgan fingerprint density at radius 2 is 0.738 bits per heavy atom. The summed E-state index contributed by atoms with van der Waals surface area (Å²) < 4.78 is 23.8. The van der Waals surface area contributed by atoms with Crippen molar-refractivity contribution in [1.29, 1.82) is 0 Å². The molecule has 0 aliphatic heterocycles. The molecule has 0 heterocycles. The highest BCUT2D eigenvalue weighted by Crippen LogP contribution is 2.43. The Balaban J connectivity index is 4.13. The first-order valence-electron chi connectivity index (χ1n) is 28.9. The van der Waals surface area contributed by atoms with Gasteiger partial charge in [-0.1, -0.05) is 284 Å². The van der Waals surface area contributed by atoms with Gasteiger partial charge >= 0.3 is 7.82 Å². The van der Waals surface area contributed by atoms with Gasteiger partial charge in [0.05, 0.1) is 39.9 Å². The van der Waals surface area contributed by atoms with Gasteiger partial charge in [-0.15, -0.1) is 0 Å². The van der Waals surface area contributed by atoms with E-state index in [4.69, 9.17) is 9.05 Å². The third-order valence-corrected chi connectivity index (χ3v) is 14.6. The number of carbonyl (C=O) groups excluding carboxylic acids is 1. The van der Waals surface area contributed by atoms with E-state index in [2.05, 4.69) is 19.2 Å². The topological polar surface area (TPSA) is 105 Å². The van der Waals surface area contributed by atoms with E-state index in [1.807, 2.05) is 21.1 Å². The van der Waals surface area contributed by atoms with Crippen LogP contribution in [0, 0.1) is 0 Å². The maximum Gasteiger partial charge on any atom is 0.472 e. The van der Waals surface area contributed by atoms with E-state index in [1.165, 1.54) is 238 Å². The number of nitrogens with zero attached hydrogens (tertiary/aromatic N) is 1. The molecule has 390 valence electrons. The van der Waals surface area contributed by atoms with Gasteiger partial charge in [-0.2, -0.15) is 0 Å². The zero-order valence-corrected chi connectivity index (χ0v) is 45.4. The van der Waals surface area contributed by atoms with Crippen LogP contribution in [0.5, 0.6) is 0 Å². The van der Waals surface area contributed by atoms with Crippen molar-refractivity contribution >= 4 is 13.7 Å². The zero-order valence-electron chi connectivity index (χ0n) is 44.5. The fourth-order valence-corrected chi connectivity index (χ4v) is 9.79. The molecule has 0 aliphatic rings. The predicted octanol–water partition coefficient (Wildman–Crippen LogP) is 17.3. The largest absolute Gasteiger partial charge is 0.472 e. The molecule has 0 aromatic carbocycles. The molecule has 0 saturated heterocycles. The molecule has 0 aromatic rings. The Morgan fingerprint density at radius 1 is 0.462 bits per heavy atom. The van der Waals surface area contributed by atoms with Crippen LogP contribution < -0.4 is 5.32 Å². The number of aliphatic hydroxyl groups excluding tert-OH is 1. The van der Waals surface area contributed by atoms with Crippen molar-refractivity contribution in [2.45, 2.75) is 315 Å². The number of phosphoric acid groups is 1. The molecule has 0 aliphatic carbocycles. The van der Waals surface area contributed by atoms with Crippen LogP contribution in [0.15, 0.2) is 0 Å². The van der Waals surface area contributed by atoms with E-state index in [0.29, 0.717) is 23.9 Å². The van der Waals surface area contributed by atoms with Crippen LogP contribution in [-0.4, -0.2) is 73.4 Å². The summed E-state index contributed by atoms with van der Waals surface area (Å²) in [6, 6.07) is -0.755. The summed E-state index contributed by atoms with van der Waals surface area (Å²) in [5.41, 5.74) is 0. The van der Waals surface area contributed by atoms with Gasteiger partial charge in [0.1, 0.15) is 13.2 Å². The van der Waals surface area contributed by atoms with Crippen LogP contribution in [-0.2, 0) is 18.4 Å². The Hall–Kier alpha value is -0.500. The number of aliphatic hydroxyl groups is 1. The van der Waals surface area contributed by atoms with E-state index in [0.717, 1.165) is 38.5 Å². The van der Waals surface area contributed by atoms with Gasteiger partial charge in [0.2, 0.25) is 5.91 Å². The van der Waals surface area contributed by atoms with Crippen molar-refractivity contribution in [2.75, 3.05) is 40.9 Å². The van der Waals surface area contributed by atoms with Gasteiger partial charge in [0.15, 0.2) is 0 Å². The number of hydrogen-bond donors (Lipinski definition) is 3. The van der Waals surface area contributed by atoms with Crippen LogP contribution in [0.1, 0.15) is 303 Å². The molecule has 8 nitrogen and oxygen atoms in total. The quantitative estimate of drug-likeness (QED) is 0.0319. The number of rotatable bonds is 54. The first kappa shape index (κ1) is 64.5. The maximum atomic E-state index is 13.0. The lowest BCUT2D eigenvalue weighted by Gasteiger charge is -2.26. The van der Waals surface area contributed by atoms with E-state index in [-0.39, 0.29) is 19.1 Å². The fraction of sp³-hybridized carbons (Fsp3) is 0.982. The van der Waals surface area contributed by atoms with E-state index < -0.39 is 20.0 Å². The second kappa shape index (κ2) is 48.5. The average Bonchev–Trinajstić information content (AvgIpc) is 3.26. The Kier molecular flexibility index (Phi) is 48.1. The standard InChI is InChI=1S/C56H115N2O6P/c1-6-8-10-12-14-16-18-20-22-24-26-28-29-30-31-33-35-37-39-41-43-45-47-49-55(59)54(53-64-65(61,62)63-52-51-58(3,4)5)57-56(60)50-48-46-44-42-40-38-36-34-32-27-25-23-21-19-17-15-13-11-9-7-2/h54-55,59H,6-53H2,1-5H3,(H-,57,60,61,62)/p+1. The number of quaternary nitrogens is 1. The Labute approximate surface area is 406 Å². The van der Waals surface area contributed by atoms with Crippen molar-refractivity contribution in [2.24, 2.45) is 0 Å². The summed E-state index contributed by atoms with van der Waals surface area (Å²) in [5.74, 6) is -0.136. The molecule has 0 aromatic heterocycles. The fourth-order valence-electron chi connectivity index (χ4n) is 9.05. The normalized spacial score (nSPS) is 13.9. The van der Waals surface area contributed by atoms with Crippen LogP contribution in [0.25, 0.3) is 0 Å². The predicted molar refractivity (Wildman–Crippen MR) is 282 cm³/mol. The molecule has 9 heteroatoms. The summed E-state index contributed by atoms with van der Waals surface area (Å²) in [7, 11) is 1.64. The molecule has 0 fully saturated rings. The molecule has 0 bridgehead atoms. The van der Waals surface area contributed by atoms with Gasteiger partial charge in [-0.3, -0.25) is 13.8 Å². The number of hydrogen-bond acceptors (Lipinski definition) is 5. The molecule has 0 saturated carbocycles. The first-order valence-corrected chi connectivity index (χ1v) is 30.4. The average molecular weight is 945 g/mol. The highest BCUT2D eigenvalue weighted by atomic mass is 31.2. The number of phosphoric ester groups is 1. The van der Waals surface area contributed by atoms with Crippen molar-refractivity contribution < 1.29 is 32.9 Å². The molecule has 0 spiro atoms. The minimum absolute atomic E-state index is 0.0792. The lowest BCUT2D eigenvalue weighted by atomic mass is 10.0. The highest BCUT2D eigenvalue weighted by molar-refractivity contribution is 7.47. The molecule has 65 heavy (non-hydrogen) atoms. The van der Waals surface area contributed by atoms with Gasteiger partial charge < -0.3 is 19.8 Å². The second-order valence-corrected chi connectivity index (χ2v) is 22.8.